The number of benzene rings is 1. The van der Waals surface area contributed by atoms with E-state index in [4.69, 9.17) is 0 Å². The Balaban J connectivity index is 2.03. The molecule has 0 atom stereocenters. The fourth-order valence-corrected chi connectivity index (χ4v) is 2.65. The van der Waals surface area contributed by atoms with Crippen LogP contribution in [0.2, 0.25) is 0 Å². The van der Waals surface area contributed by atoms with Crippen molar-refractivity contribution in [1.29, 1.82) is 0 Å². The SMILES string of the molecule is Cc1csc(CNC(=O)c2ccc(F)cc2Br)n1. The predicted octanol–water partition coefficient (Wildman–Crippen LogP) is 3.28. The summed E-state index contributed by atoms with van der Waals surface area (Å²) < 4.78 is 13.3. The Bertz CT molecular complexity index is 585. The van der Waals surface area contributed by atoms with Crippen molar-refractivity contribution in [3.05, 3.63) is 50.1 Å². The van der Waals surface area contributed by atoms with Crippen molar-refractivity contribution in [1.82, 2.24) is 10.3 Å². The zero-order valence-electron chi connectivity index (χ0n) is 9.54. The molecule has 94 valence electrons. The first-order valence-electron chi connectivity index (χ1n) is 5.20. The maximum absolute atomic E-state index is 12.9. The third-order valence-corrected chi connectivity index (χ3v) is 3.87. The van der Waals surface area contributed by atoms with Gasteiger partial charge in [-0.3, -0.25) is 4.79 Å². The molecule has 0 radical (unpaired) electrons. The van der Waals surface area contributed by atoms with Gasteiger partial charge in [-0.2, -0.15) is 0 Å². The molecule has 1 aromatic heterocycles. The van der Waals surface area contributed by atoms with Gasteiger partial charge < -0.3 is 5.32 Å². The number of thiazole rings is 1. The molecule has 2 aromatic rings. The number of aryl methyl sites for hydroxylation is 1. The van der Waals surface area contributed by atoms with E-state index in [2.05, 4.69) is 26.2 Å². The van der Waals surface area contributed by atoms with E-state index in [-0.39, 0.29) is 11.7 Å². The number of hydrogen-bond donors (Lipinski definition) is 1. The summed E-state index contributed by atoms with van der Waals surface area (Å²) in [6, 6.07) is 3.97. The third-order valence-electron chi connectivity index (χ3n) is 2.24. The Morgan fingerprint density at radius 3 is 2.94 bits per heavy atom. The summed E-state index contributed by atoms with van der Waals surface area (Å²) in [4.78, 5) is 16.1. The minimum Gasteiger partial charge on any atom is -0.345 e. The van der Waals surface area contributed by atoms with Crippen molar-refractivity contribution < 1.29 is 9.18 Å². The van der Waals surface area contributed by atoms with Crippen molar-refractivity contribution in [2.45, 2.75) is 13.5 Å². The van der Waals surface area contributed by atoms with Crippen LogP contribution in [0.4, 0.5) is 4.39 Å². The normalized spacial score (nSPS) is 10.4. The van der Waals surface area contributed by atoms with Gasteiger partial charge in [0.15, 0.2) is 0 Å². The number of amides is 1. The average Bonchev–Trinajstić information content (AvgIpc) is 2.72. The Morgan fingerprint density at radius 1 is 1.56 bits per heavy atom. The molecule has 0 unspecified atom stereocenters. The van der Waals surface area contributed by atoms with Gasteiger partial charge in [0, 0.05) is 15.5 Å². The second-order valence-electron chi connectivity index (χ2n) is 3.69. The first-order chi connectivity index (χ1) is 8.56. The van der Waals surface area contributed by atoms with Crippen molar-refractivity contribution in [3.8, 4) is 0 Å². The highest BCUT2D eigenvalue weighted by Gasteiger charge is 2.11. The smallest absolute Gasteiger partial charge is 0.252 e. The molecule has 18 heavy (non-hydrogen) atoms. The number of halogens is 2. The molecular weight excluding hydrogens is 319 g/mol. The summed E-state index contributed by atoms with van der Waals surface area (Å²) in [6.45, 7) is 2.28. The fraction of sp³-hybridized carbons (Fsp3) is 0.167. The van der Waals surface area contributed by atoms with Crippen LogP contribution in [0.1, 0.15) is 21.1 Å². The van der Waals surface area contributed by atoms with Gasteiger partial charge in [0.05, 0.1) is 12.1 Å². The molecule has 1 amide bonds. The monoisotopic (exact) mass is 328 g/mol. The number of hydrogen-bond acceptors (Lipinski definition) is 3. The number of nitrogens with zero attached hydrogens (tertiary/aromatic N) is 1. The largest absolute Gasteiger partial charge is 0.345 e. The minimum atomic E-state index is -0.381. The molecule has 2 rings (SSSR count). The van der Waals surface area contributed by atoms with Gasteiger partial charge in [-0.1, -0.05) is 0 Å². The molecule has 0 bridgehead atoms. The molecule has 0 aliphatic heterocycles. The molecule has 0 fully saturated rings. The Kier molecular flexibility index (Phi) is 4.08. The lowest BCUT2D eigenvalue weighted by Crippen LogP contribution is -2.23. The first-order valence-corrected chi connectivity index (χ1v) is 6.88. The number of aromatic nitrogens is 1. The highest BCUT2D eigenvalue weighted by Crippen LogP contribution is 2.18. The number of rotatable bonds is 3. The molecular formula is C12H10BrFN2OS. The summed E-state index contributed by atoms with van der Waals surface area (Å²) in [5.41, 5.74) is 1.34. The standard InChI is InChI=1S/C12H10BrFN2OS/c1-7-6-18-11(16-7)5-15-12(17)9-3-2-8(14)4-10(9)13/h2-4,6H,5H2,1H3,(H,15,17). The number of carbonyl (C=O) groups excluding carboxylic acids is 1. The van der Waals surface area contributed by atoms with Crippen LogP contribution in [0.5, 0.6) is 0 Å². The van der Waals surface area contributed by atoms with Crippen molar-refractivity contribution >= 4 is 33.2 Å². The van der Waals surface area contributed by atoms with Crippen LogP contribution >= 0.6 is 27.3 Å². The zero-order valence-corrected chi connectivity index (χ0v) is 11.9. The molecule has 1 aromatic carbocycles. The second-order valence-corrected chi connectivity index (χ2v) is 5.49. The topological polar surface area (TPSA) is 42.0 Å². The summed E-state index contributed by atoms with van der Waals surface area (Å²) >= 11 is 4.66. The molecule has 0 aliphatic rings. The van der Waals surface area contributed by atoms with E-state index in [9.17, 15) is 9.18 Å². The average molecular weight is 329 g/mol. The molecule has 3 nitrogen and oxygen atoms in total. The molecule has 0 aliphatic carbocycles. The first kappa shape index (κ1) is 13.2. The molecule has 6 heteroatoms. The molecule has 0 saturated heterocycles. The van der Waals surface area contributed by atoms with Crippen LogP contribution in [-0.4, -0.2) is 10.9 Å². The second kappa shape index (κ2) is 5.58. The van der Waals surface area contributed by atoms with Crippen LogP contribution in [0, 0.1) is 12.7 Å². The van der Waals surface area contributed by atoms with Crippen LogP contribution < -0.4 is 5.32 Å². The summed E-state index contributed by atoms with van der Waals surface area (Å²) in [5, 5.41) is 5.52. The van der Waals surface area contributed by atoms with E-state index >= 15 is 0 Å². The molecule has 0 spiro atoms. The van der Waals surface area contributed by atoms with E-state index < -0.39 is 0 Å². The van der Waals surface area contributed by atoms with Gasteiger partial charge in [0.1, 0.15) is 10.8 Å². The van der Waals surface area contributed by atoms with Crippen LogP contribution in [0.15, 0.2) is 28.1 Å². The molecule has 1 N–H and O–H groups in total. The summed E-state index contributed by atoms with van der Waals surface area (Å²) in [6.07, 6.45) is 0. The lowest BCUT2D eigenvalue weighted by Gasteiger charge is -2.05. The zero-order chi connectivity index (χ0) is 13.1. The Morgan fingerprint density at radius 2 is 2.33 bits per heavy atom. The Hall–Kier alpha value is -1.27. The van der Waals surface area contributed by atoms with Crippen molar-refractivity contribution in [3.63, 3.8) is 0 Å². The third kappa shape index (κ3) is 3.14. The van der Waals surface area contributed by atoms with Gasteiger partial charge >= 0.3 is 0 Å². The lowest BCUT2D eigenvalue weighted by molar-refractivity contribution is 0.0950. The van der Waals surface area contributed by atoms with E-state index in [1.807, 2.05) is 12.3 Å². The van der Waals surface area contributed by atoms with Crippen LogP contribution in [0.3, 0.4) is 0 Å². The highest BCUT2D eigenvalue weighted by molar-refractivity contribution is 9.10. The molecule has 1 heterocycles. The van der Waals surface area contributed by atoms with E-state index in [0.29, 0.717) is 16.6 Å². The van der Waals surface area contributed by atoms with E-state index in [0.717, 1.165) is 10.7 Å². The minimum absolute atomic E-state index is 0.255. The maximum Gasteiger partial charge on any atom is 0.252 e. The van der Waals surface area contributed by atoms with Gasteiger partial charge in [-0.25, -0.2) is 9.37 Å². The molecule has 0 saturated carbocycles. The van der Waals surface area contributed by atoms with Crippen LogP contribution in [0.25, 0.3) is 0 Å². The van der Waals surface area contributed by atoms with Gasteiger partial charge in [0.25, 0.3) is 5.91 Å². The number of carbonyl (C=O) groups is 1. The number of nitrogens with one attached hydrogen (secondary N) is 1. The predicted molar refractivity (Wildman–Crippen MR) is 72.1 cm³/mol. The Labute approximate surface area is 116 Å². The summed E-state index contributed by atoms with van der Waals surface area (Å²) in [7, 11) is 0. The van der Waals surface area contributed by atoms with Crippen molar-refractivity contribution in [2.75, 3.05) is 0 Å². The fourth-order valence-electron chi connectivity index (χ4n) is 1.41. The van der Waals surface area contributed by atoms with Crippen molar-refractivity contribution in [2.24, 2.45) is 0 Å². The van der Waals surface area contributed by atoms with Gasteiger partial charge in [0.2, 0.25) is 0 Å². The van der Waals surface area contributed by atoms with Gasteiger partial charge in [-0.05, 0) is 41.1 Å². The lowest BCUT2D eigenvalue weighted by atomic mass is 10.2. The summed E-state index contributed by atoms with van der Waals surface area (Å²) in [5.74, 6) is -0.635. The quantitative estimate of drug-likeness (QED) is 0.939. The van der Waals surface area contributed by atoms with E-state index in [1.54, 1.807) is 0 Å². The maximum atomic E-state index is 12.9. The highest BCUT2D eigenvalue weighted by atomic mass is 79.9. The van der Waals surface area contributed by atoms with Gasteiger partial charge in [-0.15, -0.1) is 11.3 Å². The van der Waals surface area contributed by atoms with Crippen LogP contribution in [-0.2, 0) is 6.54 Å². The van der Waals surface area contributed by atoms with E-state index in [1.165, 1.54) is 29.5 Å².